The first-order valence-corrected chi connectivity index (χ1v) is 10.7. The van der Waals surface area contributed by atoms with Crippen LogP contribution in [-0.4, -0.2) is 39.9 Å². The molecule has 1 N–H and O–H groups in total. The Bertz CT molecular complexity index is 935. The Morgan fingerprint density at radius 1 is 1.10 bits per heavy atom. The minimum absolute atomic E-state index is 0.637. The summed E-state index contributed by atoms with van der Waals surface area (Å²) in [5, 5.41) is 3.53. The van der Waals surface area contributed by atoms with Crippen LogP contribution in [0.3, 0.4) is 0 Å². The number of para-hydroxylation sites is 2. The van der Waals surface area contributed by atoms with Gasteiger partial charge in [-0.15, -0.1) is 0 Å². The molecule has 0 atom stereocenters. The molecule has 2 aromatic rings. The van der Waals surface area contributed by atoms with Crippen LogP contribution in [-0.2, 0) is 6.42 Å². The van der Waals surface area contributed by atoms with Gasteiger partial charge in [-0.05, 0) is 49.1 Å². The van der Waals surface area contributed by atoms with Crippen LogP contribution in [0, 0.1) is 5.92 Å². The van der Waals surface area contributed by atoms with Crippen molar-refractivity contribution in [2.45, 2.75) is 19.3 Å². The topological polar surface area (TPSA) is 52.2 Å². The SMILES string of the molecule is COc1cccc2c1OC(CNCC1CCN(c3cccc4c3OCC4)CC1)=CO2. The van der Waals surface area contributed by atoms with Gasteiger partial charge in [-0.1, -0.05) is 18.2 Å². The van der Waals surface area contributed by atoms with Crippen molar-refractivity contribution >= 4 is 5.69 Å². The highest BCUT2D eigenvalue weighted by molar-refractivity contribution is 5.63. The lowest BCUT2D eigenvalue weighted by molar-refractivity contribution is 0.289. The van der Waals surface area contributed by atoms with E-state index >= 15 is 0 Å². The van der Waals surface area contributed by atoms with Crippen LogP contribution < -0.4 is 29.2 Å². The van der Waals surface area contributed by atoms with E-state index in [0.717, 1.165) is 44.2 Å². The molecule has 5 rings (SSSR count). The maximum Gasteiger partial charge on any atom is 0.211 e. The van der Waals surface area contributed by atoms with E-state index in [1.807, 2.05) is 18.2 Å². The number of hydrogen-bond acceptors (Lipinski definition) is 6. The monoisotopic (exact) mass is 408 g/mol. The molecule has 0 bridgehead atoms. The van der Waals surface area contributed by atoms with Gasteiger partial charge in [0.2, 0.25) is 5.75 Å². The fourth-order valence-electron chi connectivity index (χ4n) is 4.44. The zero-order valence-electron chi connectivity index (χ0n) is 17.4. The van der Waals surface area contributed by atoms with E-state index in [4.69, 9.17) is 18.9 Å². The summed E-state index contributed by atoms with van der Waals surface area (Å²) in [4.78, 5) is 2.48. The number of anilines is 1. The Balaban J connectivity index is 1.10. The van der Waals surface area contributed by atoms with Gasteiger partial charge in [-0.2, -0.15) is 0 Å². The largest absolute Gasteiger partial charge is 0.493 e. The Hall–Kier alpha value is -2.86. The second kappa shape index (κ2) is 8.48. The second-order valence-electron chi connectivity index (χ2n) is 8.02. The highest BCUT2D eigenvalue weighted by atomic mass is 16.6. The minimum Gasteiger partial charge on any atom is -0.493 e. The smallest absolute Gasteiger partial charge is 0.211 e. The maximum atomic E-state index is 5.99. The highest BCUT2D eigenvalue weighted by Crippen LogP contribution is 2.40. The van der Waals surface area contributed by atoms with Gasteiger partial charge in [-0.3, -0.25) is 0 Å². The molecule has 2 aromatic carbocycles. The first kappa shape index (κ1) is 19.1. The van der Waals surface area contributed by atoms with Crippen molar-refractivity contribution < 1.29 is 18.9 Å². The molecule has 30 heavy (non-hydrogen) atoms. The average Bonchev–Trinajstić information content (AvgIpc) is 3.28. The number of rotatable bonds is 6. The first-order valence-electron chi connectivity index (χ1n) is 10.7. The van der Waals surface area contributed by atoms with Crippen molar-refractivity contribution in [2.75, 3.05) is 44.8 Å². The third kappa shape index (κ3) is 3.79. The summed E-state index contributed by atoms with van der Waals surface area (Å²) in [5.41, 5.74) is 2.61. The highest BCUT2D eigenvalue weighted by Gasteiger charge is 2.25. The predicted octanol–water partition coefficient (Wildman–Crippen LogP) is 3.75. The minimum atomic E-state index is 0.637. The van der Waals surface area contributed by atoms with Crippen molar-refractivity contribution in [3.8, 4) is 23.0 Å². The number of nitrogens with zero attached hydrogens (tertiary/aromatic N) is 1. The zero-order valence-corrected chi connectivity index (χ0v) is 17.4. The van der Waals surface area contributed by atoms with Gasteiger partial charge >= 0.3 is 0 Å². The molecule has 0 amide bonds. The summed E-state index contributed by atoms with van der Waals surface area (Å²) in [6, 6.07) is 12.2. The van der Waals surface area contributed by atoms with Gasteiger partial charge in [0, 0.05) is 19.5 Å². The molecule has 1 fully saturated rings. The third-order valence-corrected chi connectivity index (χ3v) is 6.09. The molecule has 3 aliphatic heterocycles. The summed E-state index contributed by atoms with van der Waals surface area (Å²) in [6.07, 6.45) is 5.04. The van der Waals surface area contributed by atoms with Gasteiger partial charge in [0.15, 0.2) is 17.3 Å². The third-order valence-electron chi connectivity index (χ3n) is 6.09. The van der Waals surface area contributed by atoms with Crippen molar-refractivity contribution in [3.63, 3.8) is 0 Å². The summed E-state index contributed by atoms with van der Waals surface area (Å²) < 4.78 is 22.9. The molecule has 0 saturated carbocycles. The van der Waals surface area contributed by atoms with E-state index in [-0.39, 0.29) is 0 Å². The van der Waals surface area contributed by atoms with Crippen LogP contribution >= 0.6 is 0 Å². The molecule has 6 heteroatoms. The van der Waals surface area contributed by atoms with Crippen molar-refractivity contribution in [2.24, 2.45) is 5.92 Å². The van der Waals surface area contributed by atoms with E-state index in [2.05, 4.69) is 28.4 Å². The molecule has 6 nitrogen and oxygen atoms in total. The van der Waals surface area contributed by atoms with E-state index in [1.165, 1.54) is 24.1 Å². The normalized spacial score (nSPS) is 17.9. The number of hydrogen-bond donors (Lipinski definition) is 1. The van der Waals surface area contributed by atoms with Gasteiger partial charge in [-0.25, -0.2) is 0 Å². The average molecular weight is 408 g/mol. The summed E-state index contributed by atoms with van der Waals surface area (Å²) in [7, 11) is 1.64. The van der Waals surface area contributed by atoms with Crippen molar-refractivity contribution in [3.05, 3.63) is 54.0 Å². The Morgan fingerprint density at radius 2 is 1.97 bits per heavy atom. The standard InChI is InChI=1S/C24H28N2O4/c1-27-21-6-3-7-22-24(21)30-19(16-29-22)15-25-14-17-8-11-26(12-9-17)20-5-2-4-18-10-13-28-23(18)20/h2-7,16-17,25H,8-15H2,1H3. The van der Waals surface area contributed by atoms with Crippen molar-refractivity contribution in [1.82, 2.24) is 5.32 Å². The number of methoxy groups -OCH3 is 1. The van der Waals surface area contributed by atoms with Crippen molar-refractivity contribution in [1.29, 1.82) is 0 Å². The second-order valence-corrected chi connectivity index (χ2v) is 8.02. The number of benzene rings is 2. The van der Waals surface area contributed by atoms with Crippen LogP contribution in [0.1, 0.15) is 18.4 Å². The molecule has 3 heterocycles. The van der Waals surface area contributed by atoms with Gasteiger partial charge in [0.05, 0.1) is 25.9 Å². The summed E-state index contributed by atoms with van der Waals surface area (Å²) >= 11 is 0. The lowest BCUT2D eigenvalue weighted by atomic mass is 9.96. The number of fused-ring (bicyclic) bond motifs is 2. The fourth-order valence-corrected chi connectivity index (χ4v) is 4.44. The van der Waals surface area contributed by atoms with Gasteiger partial charge in [0.1, 0.15) is 12.0 Å². The number of piperidine rings is 1. The molecule has 0 aromatic heterocycles. The maximum absolute atomic E-state index is 5.99. The molecular weight excluding hydrogens is 380 g/mol. The van der Waals surface area contributed by atoms with E-state index in [1.54, 1.807) is 13.4 Å². The molecule has 0 aliphatic carbocycles. The van der Waals surface area contributed by atoms with Crippen LogP contribution in [0.15, 0.2) is 48.4 Å². The fraction of sp³-hybridized carbons (Fsp3) is 0.417. The molecule has 0 radical (unpaired) electrons. The predicted molar refractivity (Wildman–Crippen MR) is 116 cm³/mol. The van der Waals surface area contributed by atoms with Gasteiger partial charge in [0.25, 0.3) is 0 Å². The molecule has 0 spiro atoms. The molecular formula is C24H28N2O4. The molecule has 158 valence electrons. The Kier molecular flexibility index (Phi) is 5.41. The number of ether oxygens (including phenoxy) is 4. The first-order chi connectivity index (χ1) is 14.8. The number of nitrogens with one attached hydrogen (secondary N) is 1. The van der Waals surface area contributed by atoms with Gasteiger partial charge < -0.3 is 29.2 Å². The van der Waals surface area contributed by atoms with Crippen LogP contribution in [0.5, 0.6) is 23.0 Å². The van der Waals surface area contributed by atoms with E-state index in [0.29, 0.717) is 29.7 Å². The summed E-state index contributed by atoms with van der Waals surface area (Å²) in [6.45, 7) is 4.55. The molecule has 0 unspecified atom stereocenters. The zero-order chi connectivity index (χ0) is 20.3. The quantitative estimate of drug-likeness (QED) is 0.786. The van der Waals surface area contributed by atoms with Crippen LogP contribution in [0.25, 0.3) is 0 Å². The lowest BCUT2D eigenvalue weighted by Gasteiger charge is -2.34. The molecule has 3 aliphatic rings. The molecule has 1 saturated heterocycles. The Labute approximate surface area is 177 Å². The van der Waals surface area contributed by atoms with Crippen LogP contribution in [0.4, 0.5) is 5.69 Å². The van der Waals surface area contributed by atoms with E-state index in [9.17, 15) is 0 Å². The van der Waals surface area contributed by atoms with Crippen LogP contribution in [0.2, 0.25) is 0 Å². The Morgan fingerprint density at radius 3 is 2.83 bits per heavy atom. The summed E-state index contributed by atoms with van der Waals surface area (Å²) in [5.74, 6) is 4.53. The van der Waals surface area contributed by atoms with E-state index < -0.39 is 0 Å². The lowest BCUT2D eigenvalue weighted by Crippen LogP contribution is -2.38.